The second-order valence-electron chi connectivity index (χ2n) is 6.50. The first-order valence-corrected chi connectivity index (χ1v) is 8.56. The Morgan fingerprint density at radius 1 is 1.20 bits per heavy atom. The summed E-state index contributed by atoms with van der Waals surface area (Å²) < 4.78 is 0. The number of primary amides is 1. The van der Waals surface area contributed by atoms with Crippen molar-refractivity contribution in [2.75, 3.05) is 0 Å². The van der Waals surface area contributed by atoms with E-state index in [1.165, 1.54) is 5.01 Å². The Morgan fingerprint density at radius 3 is 2.68 bits per heavy atom. The lowest BCUT2D eigenvalue weighted by Gasteiger charge is -2.24. The van der Waals surface area contributed by atoms with E-state index < -0.39 is 0 Å². The van der Waals surface area contributed by atoms with Gasteiger partial charge in [0.05, 0.1) is 12.5 Å². The number of benzene rings is 1. The Hall–Kier alpha value is -2.70. The van der Waals surface area contributed by atoms with Gasteiger partial charge in [-0.05, 0) is 18.4 Å². The minimum absolute atomic E-state index is 0.101. The molecule has 1 fully saturated rings. The molecule has 0 saturated heterocycles. The molecule has 1 aromatic rings. The predicted molar refractivity (Wildman–Crippen MR) is 92.1 cm³/mol. The number of hydrogen-bond donors (Lipinski definition) is 2. The Balaban J connectivity index is 1.68. The van der Waals surface area contributed by atoms with Crippen molar-refractivity contribution >= 4 is 23.4 Å². The molecule has 1 heterocycles. The zero-order valence-corrected chi connectivity index (χ0v) is 14.0. The molecule has 0 unspecified atom stereocenters. The topological polar surface area (TPSA) is 105 Å². The molecule has 2 aliphatic rings. The van der Waals surface area contributed by atoms with E-state index in [-0.39, 0.29) is 36.1 Å². The number of rotatable bonds is 5. The van der Waals surface area contributed by atoms with Crippen molar-refractivity contribution in [3.8, 4) is 0 Å². The van der Waals surface area contributed by atoms with Crippen molar-refractivity contribution < 1.29 is 14.4 Å². The van der Waals surface area contributed by atoms with Crippen LogP contribution in [-0.4, -0.2) is 34.5 Å². The van der Waals surface area contributed by atoms with E-state index in [2.05, 4.69) is 10.4 Å². The van der Waals surface area contributed by atoms with E-state index >= 15 is 0 Å². The van der Waals surface area contributed by atoms with Gasteiger partial charge in [0.15, 0.2) is 0 Å². The maximum absolute atomic E-state index is 12.5. The molecule has 1 aromatic carbocycles. The van der Waals surface area contributed by atoms with Crippen LogP contribution in [0.2, 0.25) is 0 Å². The van der Waals surface area contributed by atoms with Crippen LogP contribution >= 0.6 is 0 Å². The molecule has 0 spiro atoms. The molecule has 132 valence electrons. The van der Waals surface area contributed by atoms with Crippen LogP contribution in [-0.2, 0) is 20.9 Å². The molecule has 0 bridgehead atoms. The summed E-state index contributed by atoms with van der Waals surface area (Å²) in [6, 6.07) is 9.27. The number of nitrogens with two attached hydrogens (primary N) is 1. The average molecular weight is 342 g/mol. The third-order valence-corrected chi connectivity index (χ3v) is 4.74. The van der Waals surface area contributed by atoms with Gasteiger partial charge in [-0.3, -0.25) is 14.4 Å². The van der Waals surface area contributed by atoms with Gasteiger partial charge < -0.3 is 11.1 Å². The summed E-state index contributed by atoms with van der Waals surface area (Å²) in [6.45, 7) is 0.337. The molecule has 1 aliphatic carbocycles. The third kappa shape index (κ3) is 4.04. The quantitative estimate of drug-likeness (QED) is 0.832. The van der Waals surface area contributed by atoms with Crippen molar-refractivity contribution in [2.45, 2.75) is 44.7 Å². The molecule has 0 radical (unpaired) electrons. The first-order chi connectivity index (χ1) is 12.0. The van der Waals surface area contributed by atoms with E-state index in [4.69, 9.17) is 5.73 Å². The fourth-order valence-corrected chi connectivity index (χ4v) is 3.37. The average Bonchev–Trinajstić information content (AvgIpc) is 3.06. The van der Waals surface area contributed by atoms with E-state index in [0.717, 1.165) is 18.4 Å². The summed E-state index contributed by atoms with van der Waals surface area (Å²) in [5.41, 5.74) is 6.67. The maximum Gasteiger partial charge on any atom is 0.267 e. The van der Waals surface area contributed by atoms with Gasteiger partial charge in [0.25, 0.3) is 5.91 Å². The van der Waals surface area contributed by atoms with Crippen LogP contribution in [0.3, 0.4) is 0 Å². The van der Waals surface area contributed by atoms with Gasteiger partial charge >= 0.3 is 0 Å². The Labute approximate surface area is 146 Å². The summed E-state index contributed by atoms with van der Waals surface area (Å²) >= 11 is 0. The van der Waals surface area contributed by atoms with Gasteiger partial charge in [0, 0.05) is 18.9 Å². The van der Waals surface area contributed by atoms with Crippen molar-refractivity contribution in [2.24, 2.45) is 16.8 Å². The Morgan fingerprint density at radius 2 is 1.96 bits per heavy atom. The number of nitrogens with one attached hydrogen (secondary N) is 1. The van der Waals surface area contributed by atoms with Gasteiger partial charge in [-0.15, -0.1) is 0 Å². The Bertz CT molecular complexity index is 702. The highest BCUT2D eigenvalue weighted by atomic mass is 16.2. The summed E-state index contributed by atoms with van der Waals surface area (Å²) in [4.78, 5) is 36.0. The predicted octanol–water partition coefficient (Wildman–Crippen LogP) is 0.935. The van der Waals surface area contributed by atoms with Crippen LogP contribution in [0.15, 0.2) is 35.4 Å². The summed E-state index contributed by atoms with van der Waals surface area (Å²) in [5, 5.41) is 8.45. The maximum atomic E-state index is 12.5. The molecule has 1 aliphatic heterocycles. The zero-order valence-electron chi connectivity index (χ0n) is 14.0. The lowest BCUT2D eigenvalue weighted by atomic mass is 10.0. The molecular formula is C18H22N4O3. The monoisotopic (exact) mass is 342 g/mol. The number of amides is 3. The first-order valence-electron chi connectivity index (χ1n) is 8.56. The van der Waals surface area contributed by atoms with Gasteiger partial charge in [-0.1, -0.05) is 36.8 Å². The number of nitrogens with zero attached hydrogens (tertiary/aromatic N) is 2. The number of hydrazone groups is 1. The van der Waals surface area contributed by atoms with Gasteiger partial charge in [-0.25, -0.2) is 5.01 Å². The highest BCUT2D eigenvalue weighted by Gasteiger charge is 2.34. The van der Waals surface area contributed by atoms with Crippen molar-refractivity contribution in [1.82, 2.24) is 10.3 Å². The van der Waals surface area contributed by atoms with Crippen LogP contribution in [0.5, 0.6) is 0 Å². The van der Waals surface area contributed by atoms with Crippen LogP contribution in [0.1, 0.15) is 37.7 Å². The summed E-state index contributed by atoms with van der Waals surface area (Å²) in [7, 11) is 0. The molecule has 7 heteroatoms. The van der Waals surface area contributed by atoms with E-state index in [9.17, 15) is 14.4 Å². The summed E-state index contributed by atoms with van der Waals surface area (Å²) in [5.74, 6) is -1.12. The zero-order chi connectivity index (χ0) is 17.8. The molecule has 2 atom stereocenters. The van der Waals surface area contributed by atoms with Gasteiger partial charge in [0.2, 0.25) is 11.8 Å². The van der Waals surface area contributed by atoms with Crippen LogP contribution in [0.25, 0.3) is 0 Å². The van der Waals surface area contributed by atoms with Crippen LogP contribution in [0, 0.1) is 5.92 Å². The first kappa shape index (κ1) is 17.1. The van der Waals surface area contributed by atoms with Gasteiger partial charge in [-0.2, -0.15) is 5.10 Å². The number of carbonyl (C=O) groups excluding carboxylic acids is 3. The lowest BCUT2D eigenvalue weighted by Crippen LogP contribution is -2.46. The highest BCUT2D eigenvalue weighted by Crippen LogP contribution is 2.25. The molecule has 7 nitrogen and oxygen atoms in total. The molecule has 3 amide bonds. The second-order valence-corrected chi connectivity index (χ2v) is 6.50. The normalized spacial score (nSPS) is 23.3. The van der Waals surface area contributed by atoms with E-state index in [1.807, 2.05) is 30.3 Å². The Kier molecular flexibility index (Phi) is 5.11. The van der Waals surface area contributed by atoms with Crippen LogP contribution in [0.4, 0.5) is 0 Å². The van der Waals surface area contributed by atoms with Gasteiger partial charge in [0.1, 0.15) is 5.71 Å². The third-order valence-electron chi connectivity index (χ3n) is 4.74. The molecule has 1 saturated carbocycles. The van der Waals surface area contributed by atoms with Crippen LogP contribution < -0.4 is 11.1 Å². The standard InChI is InChI=1S/C18H22N4O3/c19-17(24)13-7-4-8-14(13)20-18(25)15-9-10-16(23)22(21-15)11-12-5-2-1-3-6-12/h1-3,5-6,13-14H,4,7-11H2,(H2,19,24)(H,20,25)/t13-,14-/m0/s1. The fourth-order valence-electron chi connectivity index (χ4n) is 3.37. The lowest BCUT2D eigenvalue weighted by molar-refractivity contribution is -0.132. The van der Waals surface area contributed by atoms with Crippen molar-refractivity contribution in [3.05, 3.63) is 35.9 Å². The minimum Gasteiger partial charge on any atom is -0.369 e. The SMILES string of the molecule is NC(=O)[C@H]1CCC[C@@H]1NC(=O)C1=NN(Cc2ccccc2)C(=O)CC1. The molecule has 3 N–H and O–H groups in total. The second kappa shape index (κ2) is 7.46. The largest absolute Gasteiger partial charge is 0.369 e. The minimum atomic E-state index is -0.380. The fraction of sp³-hybridized carbons (Fsp3) is 0.444. The number of carbonyl (C=O) groups is 3. The van der Waals surface area contributed by atoms with Crippen molar-refractivity contribution in [3.63, 3.8) is 0 Å². The highest BCUT2D eigenvalue weighted by molar-refractivity contribution is 6.39. The van der Waals surface area contributed by atoms with E-state index in [0.29, 0.717) is 25.1 Å². The number of hydrogen-bond acceptors (Lipinski definition) is 4. The smallest absolute Gasteiger partial charge is 0.267 e. The summed E-state index contributed by atoms with van der Waals surface area (Å²) in [6.07, 6.45) is 2.86. The molecule has 0 aromatic heterocycles. The van der Waals surface area contributed by atoms with E-state index in [1.54, 1.807) is 0 Å². The molecular weight excluding hydrogens is 320 g/mol. The molecule has 25 heavy (non-hydrogen) atoms. The van der Waals surface area contributed by atoms with Crippen molar-refractivity contribution in [1.29, 1.82) is 0 Å². The molecule has 3 rings (SSSR count).